The van der Waals surface area contributed by atoms with E-state index in [1.807, 2.05) is 0 Å². The van der Waals surface area contributed by atoms with E-state index in [2.05, 4.69) is 10.6 Å². The summed E-state index contributed by atoms with van der Waals surface area (Å²) in [5.41, 5.74) is 6.09. The van der Waals surface area contributed by atoms with Crippen LogP contribution in [0.4, 0.5) is 11.4 Å². The highest BCUT2D eigenvalue weighted by Gasteiger charge is 2.23. The van der Waals surface area contributed by atoms with E-state index in [1.165, 1.54) is 37.4 Å². The van der Waals surface area contributed by atoms with Gasteiger partial charge in [-0.15, -0.1) is 0 Å². The lowest BCUT2D eigenvalue weighted by atomic mass is 10.1. The molecule has 0 heterocycles. The van der Waals surface area contributed by atoms with Crippen LogP contribution >= 0.6 is 0 Å². The molecular formula is C24H24N4O5S. The topological polar surface area (TPSA) is 139 Å². The molecule has 0 aliphatic rings. The van der Waals surface area contributed by atoms with Crippen LogP contribution in [0.5, 0.6) is 0 Å². The van der Waals surface area contributed by atoms with Crippen molar-refractivity contribution in [1.29, 1.82) is 0 Å². The molecule has 3 aromatic rings. The summed E-state index contributed by atoms with van der Waals surface area (Å²) >= 11 is 0. The first-order chi connectivity index (χ1) is 16.2. The number of para-hydroxylation sites is 2. The fourth-order valence-electron chi connectivity index (χ4n) is 3.11. The van der Waals surface area contributed by atoms with Crippen molar-refractivity contribution in [1.82, 2.24) is 5.32 Å². The maximum atomic E-state index is 13.1. The van der Waals surface area contributed by atoms with Crippen LogP contribution < -0.4 is 20.7 Å². The predicted octanol–water partition coefficient (Wildman–Crippen LogP) is 2.37. The molecule has 9 nitrogen and oxygen atoms in total. The van der Waals surface area contributed by atoms with Crippen molar-refractivity contribution in [2.75, 3.05) is 23.2 Å². The van der Waals surface area contributed by atoms with Gasteiger partial charge >= 0.3 is 0 Å². The summed E-state index contributed by atoms with van der Waals surface area (Å²) in [6, 6.07) is 20.6. The summed E-state index contributed by atoms with van der Waals surface area (Å²) in [5, 5.41) is 5.21. The first kappa shape index (κ1) is 24.5. The third-order valence-corrected chi connectivity index (χ3v) is 6.73. The zero-order valence-corrected chi connectivity index (χ0v) is 19.2. The van der Waals surface area contributed by atoms with Gasteiger partial charge in [0.15, 0.2) is 0 Å². The minimum absolute atomic E-state index is 0.0149. The van der Waals surface area contributed by atoms with E-state index >= 15 is 0 Å². The number of primary amides is 1. The average Bonchev–Trinajstić information content (AvgIpc) is 2.84. The molecule has 0 fully saturated rings. The van der Waals surface area contributed by atoms with Crippen LogP contribution in [-0.2, 0) is 14.8 Å². The zero-order chi connectivity index (χ0) is 24.7. The van der Waals surface area contributed by atoms with Crippen molar-refractivity contribution in [3.8, 4) is 0 Å². The number of amides is 3. The lowest BCUT2D eigenvalue weighted by Gasteiger charge is -2.19. The van der Waals surface area contributed by atoms with Crippen molar-refractivity contribution >= 4 is 39.1 Å². The van der Waals surface area contributed by atoms with Crippen molar-refractivity contribution < 1.29 is 22.8 Å². The summed E-state index contributed by atoms with van der Waals surface area (Å²) in [4.78, 5) is 36.2. The zero-order valence-electron chi connectivity index (χ0n) is 18.4. The van der Waals surface area contributed by atoms with Crippen LogP contribution in [0.25, 0.3) is 0 Å². The number of anilines is 2. The second-order valence-electron chi connectivity index (χ2n) is 7.31. The Morgan fingerprint density at radius 2 is 1.56 bits per heavy atom. The third kappa shape index (κ3) is 5.78. The molecule has 0 aromatic heterocycles. The number of sulfonamides is 1. The first-order valence-corrected chi connectivity index (χ1v) is 11.7. The van der Waals surface area contributed by atoms with Gasteiger partial charge < -0.3 is 16.4 Å². The van der Waals surface area contributed by atoms with Crippen molar-refractivity contribution in [3.63, 3.8) is 0 Å². The van der Waals surface area contributed by atoms with Crippen LogP contribution in [0.2, 0.25) is 0 Å². The van der Waals surface area contributed by atoms with E-state index in [4.69, 9.17) is 5.73 Å². The molecule has 4 N–H and O–H groups in total. The molecule has 0 atom stereocenters. The molecule has 0 radical (unpaired) electrons. The van der Waals surface area contributed by atoms with E-state index < -0.39 is 27.7 Å². The number of carbonyl (C=O) groups is 3. The summed E-state index contributed by atoms with van der Waals surface area (Å²) in [6.07, 6.45) is -0.0149. The minimum Gasteiger partial charge on any atom is -0.370 e. The highest BCUT2D eigenvalue weighted by atomic mass is 32.2. The number of carbonyl (C=O) groups excluding carboxylic acids is 3. The molecule has 0 unspecified atom stereocenters. The van der Waals surface area contributed by atoms with Crippen molar-refractivity contribution in [3.05, 3.63) is 90.0 Å². The van der Waals surface area contributed by atoms with Crippen LogP contribution in [0.1, 0.15) is 27.1 Å². The molecule has 0 saturated carbocycles. The first-order valence-electron chi connectivity index (χ1n) is 10.3. The SMILES string of the molecule is CN(c1ccccc1)S(=O)(=O)c1cccc(C(=O)Nc2ccccc2C(=O)NCCC(N)=O)c1. The van der Waals surface area contributed by atoms with E-state index in [1.54, 1.807) is 48.5 Å². The lowest BCUT2D eigenvalue weighted by molar-refractivity contribution is -0.117. The lowest BCUT2D eigenvalue weighted by Crippen LogP contribution is -2.29. The number of rotatable bonds is 9. The number of nitrogens with zero attached hydrogens (tertiary/aromatic N) is 1. The molecular weight excluding hydrogens is 456 g/mol. The molecule has 3 amide bonds. The Bertz CT molecular complexity index is 1310. The Morgan fingerprint density at radius 3 is 2.26 bits per heavy atom. The van der Waals surface area contributed by atoms with Crippen LogP contribution in [0, 0.1) is 0 Å². The smallest absolute Gasteiger partial charge is 0.264 e. The Kier molecular flexibility index (Phi) is 7.64. The van der Waals surface area contributed by atoms with E-state index in [9.17, 15) is 22.8 Å². The molecule has 0 aliphatic heterocycles. The monoisotopic (exact) mass is 480 g/mol. The van der Waals surface area contributed by atoms with Gasteiger partial charge in [0, 0.05) is 25.6 Å². The average molecular weight is 481 g/mol. The largest absolute Gasteiger partial charge is 0.370 e. The Morgan fingerprint density at radius 1 is 0.882 bits per heavy atom. The second-order valence-corrected chi connectivity index (χ2v) is 9.28. The van der Waals surface area contributed by atoms with Gasteiger partial charge in [-0.1, -0.05) is 36.4 Å². The number of hydrogen-bond donors (Lipinski definition) is 3. The van der Waals surface area contributed by atoms with E-state index in [0.717, 1.165) is 4.31 Å². The van der Waals surface area contributed by atoms with Crippen molar-refractivity contribution in [2.45, 2.75) is 11.3 Å². The molecule has 34 heavy (non-hydrogen) atoms. The summed E-state index contributed by atoms with van der Waals surface area (Å²) in [5.74, 6) is -1.62. The molecule has 176 valence electrons. The van der Waals surface area contributed by atoms with Crippen molar-refractivity contribution in [2.24, 2.45) is 5.73 Å². The quantitative estimate of drug-likeness (QED) is 0.432. The van der Waals surface area contributed by atoms with Gasteiger partial charge in [0.25, 0.3) is 21.8 Å². The summed E-state index contributed by atoms with van der Waals surface area (Å²) < 4.78 is 27.3. The van der Waals surface area contributed by atoms with Crippen LogP contribution in [-0.4, -0.2) is 39.7 Å². The Balaban J connectivity index is 1.80. The van der Waals surface area contributed by atoms with Gasteiger partial charge in [-0.05, 0) is 42.5 Å². The van der Waals surface area contributed by atoms with Crippen LogP contribution in [0.15, 0.2) is 83.8 Å². The molecule has 0 spiro atoms. The number of nitrogens with one attached hydrogen (secondary N) is 2. The Labute approximate surface area is 197 Å². The summed E-state index contributed by atoms with van der Waals surface area (Å²) in [7, 11) is -2.47. The van der Waals surface area contributed by atoms with Gasteiger partial charge in [0.2, 0.25) is 5.91 Å². The van der Waals surface area contributed by atoms with Gasteiger partial charge in [-0.2, -0.15) is 0 Å². The fraction of sp³-hybridized carbons (Fsp3) is 0.125. The fourth-order valence-corrected chi connectivity index (χ4v) is 4.35. The van der Waals surface area contributed by atoms with Gasteiger partial charge in [0.1, 0.15) is 0 Å². The van der Waals surface area contributed by atoms with Gasteiger partial charge in [-0.25, -0.2) is 8.42 Å². The highest BCUT2D eigenvalue weighted by Crippen LogP contribution is 2.23. The standard InChI is InChI=1S/C24H24N4O5S/c1-28(18-9-3-2-4-10-18)34(32,33)19-11-7-8-17(16-19)23(30)27-21-13-6-5-12-20(21)24(31)26-15-14-22(25)29/h2-13,16H,14-15H2,1H3,(H2,25,29)(H,26,31)(H,27,30). The van der Waals surface area contributed by atoms with E-state index in [0.29, 0.717) is 5.69 Å². The number of hydrogen-bond acceptors (Lipinski definition) is 5. The van der Waals surface area contributed by atoms with Crippen LogP contribution in [0.3, 0.4) is 0 Å². The number of benzene rings is 3. The molecule has 3 aromatic carbocycles. The minimum atomic E-state index is -3.91. The second kappa shape index (κ2) is 10.6. The highest BCUT2D eigenvalue weighted by molar-refractivity contribution is 7.92. The van der Waals surface area contributed by atoms with E-state index in [-0.39, 0.29) is 34.7 Å². The molecule has 0 bridgehead atoms. The van der Waals surface area contributed by atoms with Gasteiger partial charge in [0.05, 0.1) is 21.8 Å². The normalized spacial score (nSPS) is 10.9. The Hall–Kier alpha value is -4.18. The third-order valence-electron chi connectivity index (χ3n) is 4.95. The predicted molar refractivity (Wildman–Crippen MR) is 129 cm³/mol. The molecule has 10 heteroatoms. The van der Waals surface area contributed by atoms with Gasteiger partial charge in [-0.3, -0.25) is 18.7 Å². The number of nitrogens with two attached hydrogens (primary N) is 1. The molecule has 0 saturated heterocycles. The maximum Gasteiger partial charge on any atom is 0.264 e. The molecule has 3 rings (SSSR count). The maximum absolute atomic E-state index is 13.1. The molecule has 0 aliphatic carbocycles. The summed E-state index contributed by atoms with van der Waals surface area (Å²) in [6.45, 7) is 0.0608.